The highest BCUT2D eigenvalue weighted by atomic mass is 19.4. The third kappa shape index (κ3) is 2.52. The van der Waals surface area contributed by atoms with Crippen LogP contribution in [0.15, 0.2) is 0 Å². The fraction of sp³-hybridized carbons (Fsp3) is 1.00. The van der Waals surface area contributed by atoms with Gasteiger partial charge in [-0.2, -0.15) is 39.5 Å². The molecule has 9 heteroatoms. The Bertz CT molecular complexity index is 266. The molecule has 1 fully saturated rings. The molecule has 0 radical (unpaired) electrons. The van der Waals surface area contributed by atoms with Gasteiger partial charge in [0.1, 0.15) is 0 Å². The van der Waals surface area contributed by atoms with Gasteiger partial charge in [-0.25, -0.2) is 0 Å². The summed E-state index contributed by atoms with van der Waals surface area (Å²) in [6.45, 7) is 0. The monoisotopic (exact) mass is 302 g/mol. The molecule has 0 unspecified atom stereocenters. The molecule has 0 aliphatic heterocycles. The van der Waals surface area contributed by atoms with Crippen LogP contribution in [0.4, 0.5) is 39.5 Å². The average Bonchev–Trinajstić information content (AvgIpc) is 2.12. The molecule has 1 rings (SSSR count). The Labute approximate surface area is 103 Å². The van der Waals surface area contributed by atoms with Crippen molar-refractivity contribution in [2.75, 3.05) is 0 Å². The summed E-state index contributed by atoms with van der Waals surface area (Å²) in [5.41, 5.74) is -5.62. The summed E-state index contributed by atoms with van der Waals surface area (Å²) in [5, 5.41) is 0. The zero-order chi connectivity index (χ0) is 15.1. The number of hydrogen-bond donors (Lipinski definition) is 0. The Morgan fingerprint density at radius 1 is 0.526 bits per heavy atom. The summed E-state index contributed by atoms with van der Waals surface area (Å²) in [6.07, 6.45) is -20.5. The van der Waals surface area contributed by atoms with E-state index in [1.807, 2.05) is 0 Å². The summed E-state index contributed by atoms with van der Waals surface area (Å²) in [5.74, 6) is -2.50. The minimum Gasteiger partial charge on any atom is -0.170 e. The van der Waals surface area contributed by atoms with Crippen LogP contribution in [0.1, 0.15) is 32.1 Å². The number of halogens is 9. The van der Waals surface area contributed by atoms with Crippen molar-refractivity contribution in [1.82, 2.24) is 0 Å². The van der Waals surface area contributed by atoms with E-state index in [0.717, 1.165) is 0 Å². The fourth-order valence-electron chi connectivity index (χ4n) is 2.71. The molecule has 0 saturated heterocycles. The first-order valence-corrected chi connectivity index (χ1v) is 5.56. The van der Waals surface area contributed by atoms with Gasteiger partial charge in [0.2, 0.25) is 0 Å². The smallest absolute Gasteiger partial charge is 0.170 e. The molecule has 0 spiro atoms. The second-order valence-corrected chi connectivity index (χ2v) is 4.64. The van der Waals surface area contributed by atoms with E-state index in [1.165, 1.54) is 0 Å². The molecule has 0 aromatic carbocycles. The van der Waals surface area contributed by atoms with Gasteiger partial charge in [0, 0.05) is 0 Å². The van der Waals surface area contributed by atoms with Crippen LogP contribution in [0, 0.1) is 11.3 Å². The number of hydrogen-bond acceptors (Lipinski definition) is 0. The zero-order valence-corrected chi connectivity index (χ0v) is 9.51. The van der Waals surface area contributed by atoms with Crippen LogP contribution in [0.5, 0.6) is 0 Å². The standard InChI is InChI=1S/C10H11F9/c11-8(12,13)7(9(14,15)16,10(17,18)19)6-4-2-1-3-5-6/h6H,1-5H2. The van der Waals surface area contributed by atoms with Crippen LogP contribution >= 0.6 is 0 Å². The normalized spacial score (nSPS) is 20.7. The van der Waals surface area contributed by atoms with Crippen molar-refractivity contribution >= 4 is 0 Å². The van der Waals surface area contributed by atoms with Gasteiger partial charge in [-0.05, 0) is 18.8 Å². The average molecular weight is 302 g/mol. The highest BCUT2D eigenvalue weighted by Gasteiger charge is 2.85. The first-order chi connectivity index (χ1) is 8.36. The van der Waals surface area contributed by atoms with E-state index in [4.69, 9.17) is 0 Å². The number of alkyl halides is 9. The van der Waals surface area contributed by atoms with E-state index < -0.39 is 42.7 Å². The van der Waals surface area contributed by atoms with Crippen molar-refractivity contribution in [1.29, 1.82) is 0 Å². The van der Waals surface area contributed by atoms with E-state index >= 15 is 0 Å². The molecule has 1 aliphatic carbocycles. The predicted molar refractivity (Wildman–Crippen MR) is 47.2 cm³/mol. The molecular formula is C10H11F9. The molecule has 0 aromatic heterocycles. The maximum Gasteiger partial charge on any atom is 0.412 e. The topological polar surface area (TPSA) is 0 Å². The lowest BCUT2D eigenvalue weighted by molar-refractivity contribution is -0.444. The minimum atomic E-state index is -6.41. The highest BCUT2D eigenvalue weighted by Crippen LogP contribution is 2.65. The molecule has 1 saturated carbocycles. The van der Waals surface area contributed by atoms with Crippen molar-refractivity contribution < 1.29 is 39.5 Å². The SMILES string of the molecule is FC(F)(F)C(C1CCCCC1)(C(F)(F)F)C(F)(F)F. The summed E-state index contributed by atoms with van der Waals surface area (Å²) in [4.78, 5) is 0. The molecule has 114 valence electrons. The van der Waals surface area contributed by atoms with Crippen LogP contribution in [0.25, 0.3) is 0 Å². The predicted octanol–water partition coefficient (Wildman–Crippen LogP) is 5.24. The van der Waals surface area contributed by atoms with Crippen molar-refractivity contribution in [3.63, 3.8) is 0 Å². The third-order valence-electron chi connectivity index (χ3n) is 3.56. The maximum absolute atomic E-state index is 12.7. The maximum atomic E-state index is 12.7. The first kappa shape index (κ1) is 16.4. The minimum absolute atomic E-state index is 0.0609. The van der Waals surface area contributed by atoms with Gasteiger partial charge < -0.3 is 0 Å². The highest BCUT2D eigenvalue weighted by molar-refractivity contribution is 5.04. The molecule has 0 aromatic rings. The van der Waals surface area contributed by atoms with E-state index in [2.05, 4.69) is 0 Å². The van der Waals surface area contributed by atoms with Gasteiger partial charge in [-0.15, -0.1) is 0 Å². The molecular weight excluding hydrogens is 291 g/mol. The summed E-state index contributed by atoms with van der Waals surface area (Å²) >= 11 is 0. The number of rotatable bonds is 1. The van der Waals surface area contributed by atoms with Crippen molar-refractivity contribution in [3.05, 3.63) is 0 Å². The Morgan fingerprint density at radius 2 is 0.842 bits per heavy atom. The van der Waals surface area contributed by atoms with Crippen molar-refractivity contribution in [2.45, 2.75) is 50.6 Å². The third-order valence-corrected chi connectivity index (χ3v) is 3.56. The van der Waals surface area contributed by atoms with Gasteiger partial charge in [0.15, 0.2) is 0 Å². The molecule has 19 heavy (non-hydrogen) atoms. The fourth-order valence-corrected chi connectivity index (χ4v) is 2.71. The zero-order valence-electron chi connectivity index (χ0n) is 9.51. The lowest BCUT2D eigenvalue weighted by Crippen LogP contribution is -2.63. The van der Waals surface area contributed by atoms with E-state index in [-0.39, 0.29) is 12.8 Å². The molecule has 0 heterocycles. The van der Waals surface area contributed by atoms with Crippen LogP contribution in [-0.2, 0) is 0 Å². The quantitative estimate of drug-likeness (QED) is 0.581. The van der Waals surface area contributed by atoms with Crippen LogP contribution in [0.2, 0.25) is 0 Å². The summed E-state index contributed by atoms with van der Waals surface area (Å²) in [6, 6.07) is 0. The molecule has 0 bridgehead atoms. The molecule has 0 atom stereocenters. The van der Waals surface area contributed by atoms with Crippen LogP contribution < -0.4 is 0 Å². The van der Waals surface area contributed by atoms with Gasteiger partial charge in [-0.3, -0.25) is 0 Å². The van der Waals surface area contributed by atoms with Crippen LogP contribution in [-0.4, -0.2) is 18.5 Å². The Morgan fingerprint density at radius 3 is 1.11 bits per heavy atom. The van der Waals surface area contributed by atoms with Gasteiger partial charge >= 0.3 is 18.5 Å². The summed E-state index contributed by atoms with van der Waals surface area (Å²) in [7, 11) is 0. The first-order valence-electron chi connectivity index (χ1n) is 5.56. The van der Waals surface area contributed by atoms with Gasteiger partial charge in [0.25, 0.3) is 5.41 Å². The van der Waals surface area contributed by atoms with Crippen LogP contribution in [0.3, 0.4) is 0 Å². The van der Waals surface area contributed by atoms with Gasteiger partial charge in [0.05, 0.1) is 0 Å². The molecule has 1 aliphatic rings. The Hall–Kier alpha value is -0.630. The van der Waals surface area contributed by atoms with E-state index in [1.54, 1.807) is 0 Å². The van der Waals surface area contributed by atoms with E-state index in [0.29, 0.717) is 6.42 Å². The molecule has 0 nitrogen and oxygen atoms in total. The second kappa shape index (κ2) is 4.73. The lowest BCUT2D eigenvalue weighted by atomic mass is 9.67. The van der Waals surface area contributed by atoms with Crippen molar-refractivity contribution in [3.8, 4) is 0 Å². The Balaban J connectivity index is 3.44. The molecule has 0 N–H and O–H groups in total. The summed E-state index contributed by atoms with van der Waals surface area (Å²) < 4.78 is 114. The molecule has 0 amide bonds. The largest absolute Gasteiger partial charge is 0.412 e. The van der Waals surface area contributed by atoms with E-state index in [9.17, 15) is 39.5 Å². The van der Waals surface area contributed by atoms with Gasteiger partial charge in [-0.1, -0.05) is 19.3 Å². The van der Waals surface area contributed by atoms with Crippen molar-refractivity contribution in [2.24, 2.45) is 11.3 Å². The lowest BCUT2D eigenvalue weighted by Gasteiger charge is -2.45. The Kier molecular flexibility index (Phi) is 4.09. The second-order valence-electron chi connectivity index (χ2n) is 4.64.